The summed E-state index contributed by atoms with van der Waals surface area (Å²) in [6.07, 6.45) is 1.59. The number of amides is 1. The normalized spacial score (nSPS) is 10.7. The van der Waals surface area contributed by atoms with Crippen LogP contribution in [0.5, 0.6) is 0 Å². The highest BCUT2D eigenvalue weighted by molar-refractivity contribution is 7.99. The number of carbonyl (C=O) groups excluding carboxylic acids is 1. The summed E-state index contributed by atoms with van der Waals surface area (Å²) < 4.78 is 14.6. The standard InChI is InChI=1S/C15H18FN3O2S/c1-18(8-11-3-5-12(16)6-4-11)14(21)10-22-15-17-7-13(9-20)19(15)2/h3-7,20H,8-10H2,1-2H3. The van der Waals surface area contributed by atoms with Crippen molar-refractivity contribution in [2.24, 2.45) is 7.05 Å². The minimum absolute atomic E-state index is 0.0390. The molecular weight excluding hydrogens is 305 g/mol. The molecule has 0 bridgehead atoms. The lowest BCUT2D eigenvalue weighted by Gasteiger charge is -2.17. The average Bonchev–Trinajstić information content (AvgIpc) is 2.87. The molecule has 2 rings (SSSR count). The lowest BCUT2D eigenvalue weighted by molar-refractivity contribution is -0.127. The molecule has 1 heterocycles. The van der Waals surface area contributed by atoms with E-state index in [0.29, 0.717) is 17.4 Å². The third kappa shape index (κ3) is 4.08. The fourth-order valence-electron chi connectivity index (χ4n) is 1.90. The lowest BCUT2D eigenvalue weighted by atomic mass is 10.2. The summed E-state index contributed by atoms with van der Waals surface area (Å²) in [5, 5.41) is 9.80. The molecule has 0 saturated heterocycles. The van der Waals surface area contributed by atoms with Gasteiger partial charge in [0.05, 0.1) is 24.3 Å². The van der Waals surface area contributed by atoms with E-state index in [1.54, 1.807) is 41.9 Å². The Morgan fingerprint density at radius 2 is 2.09 bits per heavy atom. The van der Waals surface area contributed by atoms with Crippen molar-refractivity contribution in [3.05, 3.63) is 47.5 Å². The SMILES string of the molecule is CN(Cc1ccc(F)cc1)C(=O)CSc1ncc(CO)n1C. The molecule has 0 saturated carbocycles. The number of benzene rings is 1. The van der Waals surface area contributed by atoms with Gasteiger partial charge in [-0.15, -0.1) is 0 Å². The van der Waals surface area contributed by atoms with Gasteiger partial charge in [-0.3, -0.25) is 4.79 Å². The summed E-state index contributed by atoms with van der Waals surface area (Å²) in [4.78, 5) is 17.9. The molecule has 5 nitrogen and oxygen atoms in total. The molecule has 1 amide bonds. The van der Waals surface area contributed by atoms with Gasteiger partial charge < -0.3 is 14.6 Å². The second-order valence-corrected chi connectivity index (χ2v) is 5.86. The first-order valence-corrected chi connectivity index (χ1v) is 7.72. The number of hydrogen-bond donors (Lipinski definition) is 1. The van der Waals surface area contributed by atoms with Crippen LogP contribution in [0, 0.1) is 5.82 Å². The Morgan fingerprint density at radius 3 is 2.68 bits per heavy atom. The molecule has 2 aromatic rings. The van der Waals surface area contributed by atoms with Crippen LogP contribution in [0.2, 0.25) is 0 Å². The van der Waals surface area contributed by atoms with Crippen LogP contribution in [0.1, 0.15) is 11.3 Å². The van der Waals surface area contributed by atoms with Crippen molar-refractivity contribution >= 4 is 17.7 Å². The summed E-state index contributed by atoms with van der Waals surface area (Å²) in [7, 11) is 3.51. The Bertz CT molecular complexity index is 643. The number of aromatic nitrogens is 2. The molecule has 0 aliphatic heterocycles. The molecule has 0 aliphatic rings. The summed E-state index contributed by atoms with van der Waals surface area (Å²) in [5.74, 6) is -0.0708. The van der Waals surface area contributed by atoms with E-state index >= 15 is 0 Å². The second-order valence-electron chi connectivity index (χ2n) is 4.91. The minimum Gasteiger partial charge on any atom is -0.390 e. The first-order chi connectivity index (χ1) is 10.5. The molecule has 0 fully saturated rings. The molecule has 0 aliphatic carbocycles. The van der Waals surface area contributed by atoms with E-state index in [2.05, 4.69) is 4.98 Å². The zero-order chi connectivity index (χ0) is 16.1. The van der Waals surface area contributed by atoms with Crippen LogP contribution in [-0.2, 0) is 25.0 Å². The Labute approximate surface area is 132 Å². The maximum absolute atomic E-state index is 12.8. The number of carbonyl (C=O) groups is 1. The monoisotopic (exact) mass is 323 g/mol. The van der Waals surface area contributed by atoms with Crippen LogP contribution < -0.4 is 0 Å². The Kier molecular flexibility index (Phi) is 5.57. The first kappa shape index (κ1) is 16.5. The second kappa shape index (κ2) is 7.42. The van der Waals surface area contributed by atoms with Crippen LogP contribution in [0.4, 0.5) is 4.39 Å². The maximum Gasteiger partial charge on any atom is 0.233 e. The number of imidazole rings is 1. The van der Waals surface area contributed by atoms with Crippen LogP contribution in [0.15, 0.2) is 35.6 Å². The fraction of sp³-hybridized carbons (Fsp3) is 0.333. The molecule has 0 radical (unpaired) electrons. The van der Waals surface area contributed by atoms with E-state index in [1.165, 1.54) is 23.9 Å². The van der Waals surface area contributed by atoms with Gasteiger partial charge in [0.25, 0.3) is 0 Å². The lowest BCUT2D eigenvalue weighted by Crippen LogP contribution is -2.27. The van der Waals surface area contributed by atoms with E-state index in [-0.39, 0.29) is 24.1 Å². The van der Waals surface area contributed by atoms with Gasteiger partial charge in [0, 0.05) is 20.6 Å². The van der Waals surface area contributed by atoms with Crippen LogP contribution >= 0.6 is 11.8 Å². The maximum atomic E-state index is 12.8. The number of halogens is 1. The van der Waals surface area contributed by atoms with Gasteiger partial charge in [0.1, 0.15) is 5.82 Å². The summed E-state index contributed by atoms with van der Waals surface area (Å²) >= 11 is 1.32. The van der Waals surface area contributed by atoms with E-state index in [0.717, 1.165) is 5.56 Å². The molecule has 0 spiro atoms. The number of aliphatic hydroxyl groups excluding tert-OH is 1. The number of rotatable bonds is 6. The average molecular weight is 323 g/mol. The highest BCUT2D eigenvalue weighted by Crippen LogP contribution is 2.18. The van der Waals surface area contributed by atoms with Crippen molar-refractivity contribution in [2.45, 2.75) is 18.3 Å². The molecular formula is C15H18FN3O2S. The molecule has 1 aromatic carbocycles. The predicted molar refractivity (Wildman–Crippen MR) is 82.7 cm³/mol. The minimum atomic E-state index is -0.289. The molecule has 22 heavy (non-hydrogen) atoms. The van der Waals surface area contributed by atoms with Crippen molar-refractivity contribution in [1.82, 2.24) is 14.5 Å². The Hall–Kier alpha value is -1.86. The quantitative estimate of drug-likeness (QED) is 0.824. The topological polar surface area (TPSA) is 58.4 Å². The van der Waals surface area contributed by atoms with Gasteiger partial charge in [0.15, 0.2) is 5.16 Å². The highest BCUT2D eigenvalue weighted by atomic mass is 32.2. The summed E-state index contributed by atoms with van der Waals surface area (Å²) in [6, 6.07) is 6.09. The molecule has 1 aromatic heterocycles. The van der Waals surface area contributed by atoms with Gasteiger partial charge in [0.2, 0.25) is 5.91 Å². The number of nitrogens with zero attached hydrogens (tertiary/aromatic N) is 3. The van der Waals surface area contributed by atoms with Crippen LogP contribution in [0.3, 0.4) is 0 Å². The van der Waals surface area contributed by atoms with Gasteiger partial charge in [-0.05, 0) is 17.7 Å². The van der Waals surface area contributed by atoms with Gasteiger partial charge in [-0.2, -0.15) is 0 Å². The molecule has 7 heteroatoms. The van der Waals surface area contributed by atoms with Gasteiger partial charge >= 0.3 is 0 Å². The van der Waals surface area contributed by atoms with Crippen molar-refractivity contribution in [3.63, 3.8) is 0 Å². The summed E-state index contributed by atoms with van der Waals surface area (Å²) in [5.41, 5.74) is 1.58. The van der Waals surface area contributed by atoms with E-state index in [9.17, 15) is 9.18 Å². The predicted octanol–water partition coefficient (Wildman–Crippen LogP) is 1.80. The largest absolute Gasteiger partial charge is 0.390 e. The van der Waals surface area contributed by atoms with E-state index in [4.69, 9.17) is 5.11 Å². The molecule has 0 atom stereocenters. The van der Waals surface area contributed by atoms with E-state index < -0.39 is 0 Å². The zero-order valence-electron chi connectivity index (χ0n) is 12.5. The highest BCUT2D eigenvalue weighted by Gasteiger charge is 2.13. The molecule has 1 N–H and O–H groups in total. The fourth-order valence-corrected chi connectivity index (χ4v) is 2.81. The molecule has 118 valence electrons. The Morgan fingerprint density at radius 1 is 1.41 bits per heavy atom. The smallest absolute Gasteiger partial charge is 0.233 e. The van der Waals surface area contributed by atoms with Crippen LogP contribution in [0.25, 0.3) is 0 Å². The zero-order valence-corrected chi connectivity index (χ0v) is 13.3. The van der Waals surface area contributed by atoms with Crippen LogP contribution in [-0.4, -0.2) is 38.3 Å². The Balaban J connectivity index is 1.88. The van der Waals surface area contributed by atoms with E-state index in [1.807, 2.05) is 0 Å². The van der Waals surface area contributed by atoms with Crippen molar-refractivity contribution < 1.29 is 14.3 Å². The third-order valence-corrected chi connectivity index (χ3v) is 4.32. The van der Waals surface area contributed by atoms with Crippen molar-refractivity contribution in [3.8, 4) is 0 Å². The number of thioether (sulfide) groups is 1. The third-order valence-electron chi connectivity index (χ3n) is 3.29. The van der Waals surface area contributed by atoms with Gasteiger partial charge in [-0.25, -0.2) is 9.37 Å². The van der Waals surface area contributed by atoms with Gasteiger partial charge in [-0.1, -0.05) is 23.9 Å². The first-order valence-electron chi connectivity index (χ1n) is 6.74. The molecule has 0 unspecified atom stereocenters. The van der Waals surface area contributed by atoms with Crippen molar-refractivity contribution in [2.75, 3.05) is 12.8 Å². The number of aliphatic hydroxyl groups is 1. The van der Waals surface area contributed by atoms with Crippen molar-refractivity contribution in [1.29, 1.82) is 0 Å². The summed E-state index contributed by atoms with van der Waals surface area (Å²) in [6.45, 7) is 0.352. The number of hydrogen-bond acceptors (Lipinski definition) is 4.